The molecule has 0 aromatic carbocycles. The molecule has 3 N–H and O–H groups in total. The van der Waals surface area contributed by atoms with Crippen molar-refractivity contribution in [2.45, 2.75) is 19.1 Å². The van der Waals surface area contributed by atoms with Crippen LogP contribution in [0.3, 0.4) is 0 Å². The molecule has 1 atom stereocenters. The monoisotopic (exact) mass is 266 g/mol. The van der Waals surface area contributed by atoms with Gasteiger partial charge in [0.2, 0.25) is 0 Å². The lowest BCUT2D eigenvalue weighted by Crippen LogP contribution is -2.30. The fourth-order valence-electron chi connectivity index (χ4n) is 1.30. The summed E-state index contributed by atoms with van der Waals surface area (Å²) in [6.45, 7) is 1.15. The van der Waals surface area contributed by atoms with Crippen LogP contribution in [0.2, 0.25) is 0 Å². The van der Waals surface area contributed by atoms with E-state index in [1.54, 1.807) is 6.08 Å². The summed E-state index contributed by atoms with van der Waals surface area (Å²) in [6, 6.07) is -0.0366. The lowest BCUT2D eigenvalue weighted by atomic mass is 10.1. The molecule has 0 aromatic rings. The van der Waals surface area contributed by atoms with Crippen LogP contribution in [0.5, 0.6) is 0 Å². The lowest BCUT2D eigenvalue weighted by molar-refractivity contribution is -0.175. The smallest absolute Gasteiger partial charge is 0.411 e. The van der Waals surface area contributed by atoms with Crippen LogP contribution in [0.25, 0.3) is 0 Å². The average Bonchev–Trinajstić information content (AvgIpc) is 2.27. The van der Waals surface area contributed by atoms with E-state index in [4.69, 9.17) is 10.5 Å². The first kappa shape index (κ1) is 14.8. The number of halogens is 3. The zero-order valence-electron chi connectivity index (χ0n) is 10.1. The van der Waals surface area contributed by atoms with Gasteiger partial charge in [0.1, 0.15) is 13.2 Å². The number of rotatable bonds is 6. The summed E-state index contributed by atoms with van der Waals surface area (Å²) in [4.78, 5) is 0. The van der Waals surface area contributed by atoms with Gasteiger partial charge >= 0.3 is 6.18 Å². The number of hydrogen-bond acceptors (Lipinski definition) is 4. The maximum Gasteiger partial charge on any atom is 0.411 e. The quantitative estimate of drug-likeness (QED) is 0.711. The highest BCUT2D eigenvalue weighted by Crippen LogP contribution is 2.14. The molecule has 0 radical (unpaired) electrons. The van der Waals surface area contributed by atoms with Crippen LogP contribution in [0.15, 0.2) is 23.6 Å². The summed E-state index contributed by atoms with van der Waals surface area (Å²) < 4.78 is 44.8. The van der Waals surface area contributed by atoms with Crippen LogP contribution in [-0.2, 0) is 9.47 Å². The Balaban J connectivity index is 2.18. The number of hydrogen-bond donors (Lipinski definition) is 2. The van der Waals surface area contributed by atoms with Gasteiger partial charge in [-0.05, 0) is 18.6 Å². The van der Waals surface area contributed by atoms with Gasteiger partial charge in [-0.25, -0.2) is 0 Å². The number of ether oxygens (including phenoxy) is 2. The van der Waals surface area contributed by atoms with Gasteiger partial charge in [-0.2, -0.15) is 13.2 Å². The van der Waals surface area contributed by atoms with Crippen LogP contribution in [0, 0.1) is 0 Å². The highest BCUT2D eigenvalue weighted by molar-refractivity contribution is 5.24. The molecule has 0 spiro atoms. The molecular formula is C11H17F3N2O2. The molecule has 1 heterocycles. The van der Waals surface area contributed by atoms with Crippen molar-refractivity contribution in [3.05, 3.63) is 23.6 Å². The van der Waals surface area contributed by atoms with Crippen molar-refractivity contribution in [1.29, 1.82) is 0 Å². The van der Waals surface area contributed by atoms with Crippen LogP contribution in [-0.4, -0.2) is 38.6 Å². The van der Waals surface area contributed by atoms with Crippen molar-refractivity contribution >= 4 is 0 Å². The number of nitrogens with two attached hydrogens (primary N) is 1. The molecular weight excluding hydrogens is 249 g/mol. The summed E-state index contributed by atoms with van der Waals surface area (Å²) in [7, 11) is 0. The molecule has 18 heavy (non-hydrogen) atoms. The van der Waals surface area contributed by atoms with Crippen LogP contribution in [0.4, 0.5) is 13.2 Å². The first-order chi connectivity index (χ1) is 8.38. The van der Waals surface area contributed by atoms with Crippen LogP contribution < -0.4 is 11.1 Å². The fourth-order valence-corrected chi connectivity index (χ4v) is 1.30. The standard InChI is InChI=1S/C11H17F3N2O2/c1-8(15)9-2-3-10(16-6-9)18-5-4-17-7-11(12,13)14/h2-3,8,16H,4-7,15H2,1H3/t8-/m1/s1. The second-order valence-corrected chi connectivity index (χ2v) is 3.93. The Kier molecular flexibility index (Phi) is 5.49. The first-order valence-electron chi connectivity index (χ1n) is 5.56. The zero-order chi connectivity index (χ0) is 13.6. The van der Waals surface area contributed by atoms with Crippen LogP contribution in [0.1, 0.15) is 6.92 Å². The van der Waals surface area contributed by atoms with Crippen molar-refractivity contribution in [1.82, 2.24) is 5.32 Å². The van der Waals surface area contributed by atoms with E-state index in [0.717, 1.165) is 5.57 Å². The van der Waals surface area contributed by atoms with Crippen molar-refractivity contribution in [3.8, 4) is 0 Å². The summed E-state index contributed by atoms with van der Waals surface area (Å²) >= 11 is 0. The van der Waals surface area contributed by atoms with Gasteiger partial charge in [-0.1, -0.05) is 6.08 Å². The third kappa shape index (κ3) is 5.92. The predicted octanol–water partition coefficient (Wildman–Crippen LogP) is 1.30. The van der Waals surface area contributed by atoms with E-state index in [2.05, 4.69) is 10.1 Å². The Bertz CT molecular complexity index is 325. The van der Waals surface area contributed by atoms with E-state index in [0.29, 0.717) is 12.4 Å². The normalized spacial score (nSPS) is 17.6. The van der Waals surface area contributed by atoms with Gasteiger partial charge in [0.05, 0.1) is 6.61 Å². The number of nitrogens with one attached hydrogen (secondary N) is 1. The maximum atomic E-state index is 11.7. The average molecular weight is 266 g/mol. The summed E-state index contributed by atoms with van der Waals surface area (Å²) in [5.41, 5.74) is 6.73. The minimum atomic E-state index is -4.29. The third-order valence-electron chi connectivity index (χ3n) is 2.25. The molecule has 1 rings (SSSR count). The van der Waals surface area contributed by atoms with E-state index in [-0.39, 0.29) is 19.3 Å². The topological polar surface area (TPSA) is 56.5 Å². The number of allylic oxidation sites excluding steroid dienone is 2. The molecule has 104 valence electrons. The summed E-state index contributed by atoms with van der Waals surface area (Å²) in [6.07, 6.45) is -0.754. The lowest BCUT2D eigenvalue weighted by Gasteiger charge is -2.19. The highest BCUT2D eigenvalue weighted by Gasteiger charge is 2.27. The van der Waals surface area contributed by atoms with Crippen molar-refractivity contribution < 1.29 is 22.6 Å². The van der Waals surface area contributed by atoms with Gasteiger partial charge in [-0.3, -0.25) is 0 Å². The maximum absolute atomic E-state index is 11.7. The summed E-state index contributed by atoms with van der Waals surface area (Å²) in [5.74, 6) is 0.509. The molecule has 0 unspecified atom stereocenters. The van der Waals surface area contributed by atoms with Crippen molar-refractivity contribution in [3.63, 3.8) is 0 Å². The van der Waals surface area contributed by atoms with Gasteiger partial charge < -0.3 is 20.5 Å². The summed E-state index contributed by atoms with van der Waals surface area (Å²) in [5, 5.41) is 2.97. The molecule has 0 fully saturated rings. The van der Waals surface area contributed by atoms with Gasteiger partial charge in [0.25, 0.3) is 0 Å². The van der Waals surface area contributed by atoms with Gasteiger partial charge in [0.15, 0.2) is 5.88 Å². The largest absolute Gasteiger partial charge is 0.477 e. The molecule has 1 aliphatic heterocycles. The number of alkyl halides is 3. The number of dihydropyridines is 1. The molecule has 0 saturated heterocycles. The Morgan fingerprint density at radius 3 is 2.61 bits per heavy atom. The molecule has 0 aromatic heterocycles. The van der Waals surface area contributed by atoms with E-state index in [1.165, 1.54) is 0 Å². The second-order valence-electron chi connectivity index (χ2n) is 3.93. The van der Waals surface area contributed by atoms with E-state index in [1.807, 2.05) is 13.0 Å². The minimum Gasteiger partial charge on any atom is -0.477 e. The van der Waals surface area contributed by atoms with E-state index in [9.17, 15) is 13.2 Å². The third-order valence-corrected chi connectivity index (χ3v) is 2.25. The predicted molar refractivity (Wildman–Crippen MR) is 60.6 cm³/mol. The van der Waals surface area contributed by atoms with Crippen LogP contribution >= 0.6 is 0 Å². The molecule has 0 amide bonds. The molecule has 4 nitrogen and oxygen atoms in total. The fraction of sp³-hybridized carbons (Fsp3) is 0.636. The molecule has 1 aliphatic rings. The van der Waals surface area contributed by atoms with E-state index >= 15 is 0 Å². The van der Waals surface area contributed by atoms with Gasteiger partial charge in [-0.15, -0.1) is 0 Å². The Morgan fingerprint density at radius 1 is 1.39 bits per heavy atom. The molecule has 7 heteroatoms. The SMILES string of the molecule is C[C@@H](N)C1=CC=C(OCCOCC(F)(F)F)NC1. The Hall–Kier alpha value is -1.21. The minimum absolute atomic E-state index is 0.0366. The Labute approximate surface area is 104 Å². The molecule has 0 aliphatic carbocycles. The van der Waals surface area contributed by atoms with Crippen molar-refractivity contribution in [2.24, 2.45) is 5.73 Å². The van der Waals surface area contributed by atoms with Gasteiger partial charge in [0, 0.05) is 12.6 Å². The van der Waals surface area contributed by atoms with Crippen molar-refractivity contribution in [2.75, 3.05) is 26.4 Å². The molecule has 0 saturated carbocycles. The first-order valence-corrected chi connectivity index (χ1v) is 5.56. The second kappa shape index (κ2) is 6.65. The highest BCUT2D eigenvalue weighted by atomic mass is 19.4. The Morgan fingerprint density at radius 2 is 2.11 bits per heavy atom. The van der Waals surface area contributed by atoms with E-state index < -0.39 is 12.8 Å². The molecule has 0 bridgehead atoms. The zero-order valence-corrected chi connectivity index (χ0v) is 10.1.